The smallest absolute Gasteiger partial charge is 0.369 e. The minimum absolute atomic E-state index is 0. The number of hydrogen-bond donors (Lipinski definition) is 2. The molecule has 1 fully saturated rings. The van der Waals surface area contributed by atoms with Crippen LogP contribution in [0, 0.1) is 10.1 Å². The normalized spacial score (nSPS) is 13.6. The number of nitro benzene ring substituents is 1. The van der Waals surface area contributed by atoms with Gasteiger partial charge in [-0.2, -0.15) is 13.2 Å². The molecule has 0 aliphatic carbocycles. The van der Waals surface area contributed by atoms with Crippen LogP contribution in [0.2, 0.25) is 5.02 Å². The second kappa shape index (κ2) is 11.5. The number of halogens is 6. The van der Waals surface area contributed by atoms with Gasteiger partial charge in [-0.15, -0.1) is 24.8 Å². The lowest BCUT2D eigenvalue weighted by atomic mass is 10.1. The maximum atomic E-state index is 12.7. The standard InChI is InChI=1S/C18H17ClF3N5O3.2ClH/c19-14-7-11(18(20,21)22)9-24-15(14)10-25-17(28)13-8-12(1-2-16(13)27(29)30)26-5-3-23-4-6-26;;/h1-2,7-9,23H,3-6,10H2,(H,25,28);2*1H. The predicted octanol–water partition coefficient (Wildman–Crippen LogP) is 3.85. The molecule has 2 heterocycles. The summed E-state index contributed by atoms with van der Waals surface area (Å²) in [5, 5.41) is 16.7. The predicted molar refractivity (Wildman–Crippen MR) is 118 cm³/mol. The molecule has 2 aromatic rings. The minimum atomic E-state index is -4.59. The van der Waals surface area contributed by atoms with Crippen LogP contribution >= 0.6 is 36.4 Å². The molecule has 0 unspecified atom stereocenters. The summed E-state index contributed by atoms with van der Waals surface area (Å²) in [5.74, 6) is -0.753. The number of aromatic nitrogens is 1. The number of alkyl halides is 3. The van der Waals surface area contributed by atoms with E-state index in [0.29, 0.717) is 31.0 Å². The number of hydrogen-bond acceptors (Lipinski definition) is 6. The molecule has 3 rings (SSSR count). The van der Waals surface area contributed by atoms with Gasteiger partial charge in [0.2, 0.25) is 0 Å². The number of carbonyl (C=O) groups excluding carboxylic acids is 1. The van der Waals surface area contributed by atoms with E-state index in [0.717, 1.165) is 13.1 Å². The zero-order valence-corrected chi connectivity index (χ0v) is 18.7. The van der Waals surface area contributed by atoms with Gasteiger partial charge in [-0.05, 0) is 18.2 Å². The van der Waals surface area contributed by atoms with Crippen molar-refractivity contribution in [3.05, 3.63) is 62.4 Å². The monoisotopic (exact) mass is 515 g/mol. The number of pyridine rings is 1. The lowest BCUT2D eigenvalue weighted by molar-refractivity contribution is -0.385. The summed E-state index contributed by atoms with van der Waals surface area (Å²) in [6.45, 7) is 2.58. The van der Waals surface area contributed by atoms with Crippen molar-refractivity contribution in [1.82, 2.24) is 15.6 Å². The third kappa shape index (κ3) is 6.58. The summed E-state index contributed by atoms with van der Waals surface area (Å²) in [4.78, 5) is 28.9. The summed E-state index contributed by atoms with van der Waals surface area (Å²) < 4.78 is 38.1. The van der Waals surface area contributed by atoms with Crippen LogP contribution in [0.4, 0.5) is 24.5 Å². The first kappa shape index (κ1) is 27.7. The Morgan fingerprint density at radius 3 is 2.47 bits per heavy atom. The van der Waals surface area contributed by atoms with Crippen LogP contribution in [-0.4, -0.2) is 42.0 Å². The highest BCUT2D eigenvalue weighted by Gasteiger charge is 2.31. The van der Waals surface area contributed by atoms with E-state index in [9.17, 15) is 28.1 Å². The number of carbonyl (C=O) groups is 1. The van der Waals surface area contributed by atoms with Gasteiger partial charge in [0.05, 0.1) is 27.7 Å². The van der Waals surface area contributed by atoms with Crippen molar-refractivity contribution < 1.29 is 22.9 Å². The van der Waals surface area contributed by atoms with Crippen LogP contribution in [0.5, 0.6) is 0 Å². The van der Waals surface area contributed by atoms with E-state index in [2.05, 4.69) is 15.6 Å². The lowest BCUT2D eigenvalue weighted by Crippen LogP contribution is -2.43. The lowest BCUT2D eigenvalue weighted by Gasteiger charge is -2.29. The molecule has 0 spiro atoms. The van der Waals surface area contributed by atoms with Gasteiger partial charge in [0.1, 0.15) is 5.56 Å². The molecule has 2 N–H and O–H groups in total. The highest BCUT2D eigenvalue weighted by Crippen LogP contribution is 2.31. The van der Waals surface area contributed by atoms with Gasteiger partial charge in [-0.3, -0.25) is 19.9 Å². The molecule has 176 valence electrons. The van der Waals surface area contributed by atoms with Crippen molar-refractivity contribution >= 4 is 53.7 Å². The van der Waals surface area contributed by atoms with Crippen molar-refractivity contribution in [3.8, 4) is 0 Å². The first-order valence-corrected chi connectivity index (χ1v) is 9.28. The molecule has 0 bridgehead atoms. The molecular formula is C18H19Cl3F3N5O3. The summed E-state index contributed by atoms with van der Waals surface area (Å²) >= 11 is 5.84. The molecule has 1 aliphatic heterocycles. The van der Waals surface area contributed by atoms with Crippen molar-refractivity contribution in [2.75, 3.05) is 31.1 Å². The fraction of sp³-hybridized carbons (Fsp3) is 0.333. The van der Waals surface area contributed by atoms with Gasteiger partial charge in [0.25, 0.3) is 11.6 Å². The Labute approximate surface area is 198 Å². The van der Waals surface area contributed by atoms with E-state index in [1.54, 1.807) is 6.07 Å². The number of rotatable bonds is 5. The topological polar surface area (TPSA) is 100 Å². The van der Waals surface area contributed by atoms with Crippen molar-refractivity contribution in [2.24, 2.45) is 0 Å². The first-order valence-electron chi connectivity index (χ1n) is 8.90. The highest BCUT2D eigenvalue weighted by molar-refractivity contribution is 6.31. The maximum absolute atomic E-state index is 12.7. The zero-order valence-electron chi connectivity index (χ0n) is 16.3. The Hall–Kier alpha value is -2.34. The second-order valence-corrected chi connectivity index (χ2v) is 6.94. The van der Waals surface area contributed by atoms with E-state index in [1.807, 2.05) is 4.90 Å². The van der Waals surface area contributed by atoms with Crippen LogP contribution < -0.4 is 15.5 Å². The molecule has 8 nitrogen and oxygen atoms in total. The zero-order chi connectivity index (χ0) is 21.9. The first-order chi connectivity index (χ1) is 14.2. The number of nitrogens with one attached hydrogen (secondary N) is 2. The molecule has 1 amide bonds. The van der Waals surface area contributed by atoms with Crippen LogP contribution in [0.15, 0.2) is 30.5 Å². The molecule has 1 saturated heterocycles. The number of amides is 1. The summed E-state index contributed by atoms with van der Waals surface area (Å²) in [6.07, 6.45) is -3.98. The van der Waals surface area contributed by atoms with Gasteiger partial charge in [0.15, 0.2) is 0 Å². The second-order valence-electron chi connectivity index (χ2n) is 6.53. The van der Waals surface area contributed by atoms with E-state index in [1.165, 1.54) is 12.1 Å². The summed E-state index contributed by atoms with van der Waals surface area (Å²) in [7, 11) is 0. The molecule has 0 radical (unpaired) electrons. The van der Waals surface area contributed by atoms with Crippen molar-refractivity contribution in [2.45, 2.75) is 12.7 Å². The van der Waals surface area contributed by atoms with Crippen LogP contribution in [0.1, 0.15) is 21.6 Å². The average molecular weight is 517 g/mol. The van der Waals surface area contributed by atoms with Gasteiger partial charge < -0.3 is 15.5 Å². The molecule has 32 heavy (non-hydrogen) atoms. The fourth-order valence-corrected chi connectivity index (χ4v) is 3.23. The van der Waals surface area contributed by atoms with E-state index in [4.69, 9.17) is 11.6 Å². The largest absolute Gasteiger partial charge is 0.417 e. The van der Waals surface area contributed by atoms with Gasteiger partial charge in [-0.1, -0.05) is 11.6 Å². The Bertz CT molecular complexity index is 973. The Kier molecular flexibility index (Phi) is 9.96. The number of piperazine rings is 1. The van der Waals surface area contributed by atoms with Gasteiger partial charge >= 0.3 is 6.18 Å². The van der Waals surface area contributed by atoms with Gasteiger partial charge in [-0.25, -0.2) is 0 Å². The summed E-state index contributed by atoms with van der Waals surface area (Å²) in [5.41, 5.74) is -0.865. The molecule has 1 aromatic heterocycles. The molecule has 14 heteroatoms. The summed E-state index contributed by atoms with van der Waals surface area (Å²) in [6, 6.07) is 4.98. The fourth-order valence-electron chi connectivity index (χ4n) is 3.00. The number of nitrogens with zero attached hydrogens (tertiary/aromatic N) is 3. The third-order valence-corrected chi connectivity index (χ3v) is 4.89. The molecule has 0 atom stereocenters. The third-order valence-electron chi connectivity index (χ3n) is 4.56. The van der Waals surface area contributed by atoms with Crippen molar-refractivity contribution in [3.63, 3.8) is 0 Å². The number of nitro groups is 1. The molecular weight excluding hydrogens is 498 g/mol. The SMILES string of the molecule is Cl.Cl.O=C(NCc1ncc(C(F)(F)F)cc1Cl)c1cc(N2CCNCC2)ccc1[N+](=O)[O-]. The quantitative estimate of drug-likeness (QED) is 0.463. The van der Waals surface area contributed by atoms with E-state index >= 15 is 0 Å². The Balaban J connectivity index is 0.00000256. The van der Waals surface area contributed by atoms with Crippen LogP contribution in [0.3, 0.4) is 0 Å². The number of benzene rings is 1. The Morgan fingerprint density at radius 2 is 1.91 bits per heavy atom. The van der Waals surface area contributed by atoms with Crippen molar-refractivity contribution in [1.29, 1.82) is 0 Å². The minimum Gasteiger partial charge on any atom is -0.369 e. The number of anilines is 1. The van der Waals surface area contributed by atoms with Crippen LogP contribution in [0.25, 0.3) is 0 Å². The maximum Gasteiger partial charge on any atom is 0.417 e. The van der Waals surface area contributed by atoms with Gasteiger partial charge in [0, 0.05) is 44.1 Å². The molecule has 1 aliphatic rings. The van der Waals surface area contributed by atoms with E-state index < -0.39 is 22.6 Å². The highest BCUT2D eigenvalue weighted by atomic mass is 35.5. The molecule has 1 aromatic carbocycles. The average Bonchev–Trinajstić information content (AvgIpc) is 2.72. The van der Waals surface area contributed by atoms with Crippen LogP contribution in [-0.2, 0) is 12.7 Å². The molecule has 0 saturated carbocycles. The Morgan fingerprint density at radius 1 is 1.25 bits per heavy atom. The van der Waals surface area contributed by atoms with E-state index in [-0.39, 0.29) is 53.3 Å².